The second-order valence-corrected chi connectivity index (χ2v) is 9.77. The number of aromatic nitrogens is 2. The van der Waals surface area contributed by atoms with Gasteiger partial charge in [-0.05, 0) is 69.2 Å². The van der Waals surface area contributed by atoms with Crippen molar-refractivity contribution in [2.75, 3.05) is 18.4 Å². The van der Waals surface area contributed by atoms with Gasteiger partial charge in [-0.1, -0.05) is 0 Å². The van der Waals surface area contributed by atoms with Gasteiger partial charge in [0.1, 0.15) is 5.82 Å². The molecule has 2 aromatic carbocycles. The quantitative estimate of drug-likeness (QED) is 0.643. The highest BCUT2D eigenvalue weighted by Gasteiger charge is 2.29. The van der Waals surface area contributed by atoms with Gasteiger partial charge in [0.05, 0.1) is 16.5 Å². The van der Waals surface area contributed by atoms with E-state index in [2.05, 4.69) is 10.4 Å². The highest BCUT2D eigenvalue weighted by atomic mass is 32.2. The number of sulfonamides is 1. The van der Waals surface area contributed by atoms with Gasteiger partial charge in [-0.3, -0.25) is 4.68 Å². The molecule has 1 aliphatic heterocycles. The van der Waals surface area contributed by atoms with Crippen LogP contribution >= 0.6 is 0 Å². The van der Waals surface area contributed by atoms with E-state index < -0.39 is 16.1 Å². The molecule has 0 bridgehead atoms. The van der Waals surface area contributed by atoms with Gasteiger partial charge in [-0.25, -0.2) is 12.8 Å². The summed E-state index contributed by atoms with van der Waals surface area (Å²) >= 11 is 0. The first-order valence-corrected chi connectivity index (χ1v) is 11.4. The van der Waals surface area contributed by atoms with Crippen LogP contribution in [0.4, 0.5) is 15.9 Å². The molecule has 0 spiro atoms. The van der Waals surface area contributed by atoms with Crippen LogP contribution in [0.25, 0.3) is 10.9 Å². The van der Waals surface area contributed by atoms with Crippen LogP contribution in [0.3, 0.4) is 0 Å². The molecular weight excluding hydrogens is 407 g/mol. The number of benzene rings is 2. The number of nitrogens with zero attached hydrogens (tertiary/aromatic N) is 3. The lowest BCUT2D eigenvalue weighted by Crippen LogP contribution is -2.39. The Morgan fingerprint density at radius 1 is 1.13 bits per heavy atom. The second kappa shape index (κ2) is 7.98. The molecule has 0 saturated carbocycles. The zero-order chi connectivity index (χ0) is 21.5. The predicted octanol–water partition coefficient (Wildman–Crippen LogP) is 3.65. The molecule has 1 aromatic heterocycles. The van der Waals surface area contributed by atoms with Crippen molar-refractivity contribution in [3.8, 4) is 0 Å². The van der Waals surface area contributed by atoms with Crippen molar-refractivity contribution >= 4 is 32.4 Å². The number of aliphatic hydroxyl groups is 1. The number of anilines is 2. The molecule has 3 aromatic rings. The van der Waals surface area contributed by atoms with Gasteiger partial charge in [-0.2, -0.15) is 9.40 Å². The Morgan fingerprint density at radius 3 is 2.43 bits per heavy atom. The molecule has 0 radical (unpaired) electrons. The van der Waals surface area contributed by atoms with Crippen molar-refractivity contribution in [3.05, 3.63) is 48.3 Å². The number of aliphatic hydroxyl groups excluding tert-OH is 1. The summed E-state index contributed by atoms with van der Waals surface area (Å²) in [4.78, 5) is 0.192. The minimum atomic E-state index is -3.68. The molecule has 30 heavy (non-hydrogen) atoms. The first-order chi connectivity index (χ1) is 14.3. The summed E-state index contributed by atoms with van der Waals surface area (Å²) < 4.78 is 42.8. The number of hydrogen-bond acceptors (Lipinski definition) is 5. The molecule has 2 heterocycles. The molecule has 9 heteroatoms. The van der Waals surface area contributed by atoms with E-state index in [1.807, 2.05) is 18.5 Å². The van der Waals surface area contributed by atoms with Gasteiger partial charge in [0.15, 0.2) is 5.82 Å². The van der Waals surface area contributed by atoms with Crippen molar-refractivity contribution in [3.63, 3.8) is 0 Å². The van der Waals surface area contributed by atoms with E-state index in [9.17, 15) is 17.9 Å². The molecule has 1 fully saturated rings. The maximum absolute atomic E-state index is 13.2. The summed E-state index contributed by atoms with van der Waals surface area (Å²) in [6.07, 6.45) is 0.420. The van der Waals surface area contributed by atoms with E-state index in [0.29, 0.717) is 42.8 Å². The Kier molecular flexibility index (Phi) is 5.52. The zero-order valence-electron chi connectivity index (χ0n) is 16.9. The van der Waals surface area contributed by atoms with Gasteiger partial charge in [0.25, 0.3) is 0 Å². The first kappa shape index (κ1) is 20.8. The summed E-state index contributed by atoms with van der Waals surface area (Å²) in [6, 6.07) is 11.0. The Labute approximate surface area is 175 Å². The van der Waals surface area contributed by atoms with Gasteiger partial charge in [0.2, 0.25) is 10.0 Å². The van der Waals surface area contributed by atoms with E-state index in [-0.39, 0.29) is 16.8 Å². The Hall–Kier alpha value is -2.49. The molecule has 0 unspecified atom stereocenters. The molecule has 2 N–H and O–H groups in total. The lowest BCUT2D eigenvalue weighted by molar-refractivity contribution is 0.113. The van der Waals surface area contributed by atoms with Crippen molar-refractivity contribution < 1.29 is 17.9 Å². The first-order valence-electron chi connectivity index (χ1n) is 9.99. The summed E-state index contributed by atoms with van der Waals surface area (Å²) in [5, 5.41) is 18.2. The van der Waals surface area contributed by atoms with Crippen molar-refractivity contribution in [1.29, 1.82) is 0 Å². The van der Waals surface area contributed by atoms with Gasteiger partial charge < -0.3 is 10.4 Å². The lowest BCUT2D eigenvalue weighted by Gasteiger charge is -2.28. The van der Waals surface area contributed by atoms with Crippen molar-refractivity contribution in [2.24, 2.45) is 0 Å². The van der Waals surface area contributed by atoms with Crippen LogP contribution in [0.1, 0.15) is 32.7 Å². The van der Waals surface area contributed by atoms with Crippen LogP contribution in [0.15, 0.2) is 47.4 Å². The number of hydrogen-bond donors (Lipinski definition) is 2. The van der Waals surface area contributed by atoms with E-state index in [0.717, 1.165) is 5.52 Å². The number of fused-ring (bicyclic) bond motifs is 1. The fourth-order valence-corrected chi connectivity index (χ4v) is 5.16. The fourth-order valence-electron chi connectivity index (χ4n) is 3.67. The van der Waals surface area contributed by atoms with E-state index in [1.165, 1.54) is 16.4 Å². The van der Waals surface area contributed by atoms with Gasteiger partial charge in [0, 0.05) is 30.2 Å². The van der Waals surface area contributed by atoms with Crippen LogP contribution in [0.5, 0.6) is 0 Å². The minimum Gasteiger partial charge on any atom is -0.393 e. The second-order valence-electron chi connectivity index (χ2n) is 7.83. The van der Waals surface area contributed by atoms with E-state index in [4.69, 9.17) is 0 Å². The summed E-state index contributed by atoms with van der Waals surface area (Å²) in [7, 11) is -3.68. The third-order valence-corrected chi connectivity index (χ3v) is 7.23. The van der Waals surface area contributed by atoms with Crippen LogP contribution in [-0.4, -0.2) is 46.8 Å². The largest absolute Gasteiger partial charge is 0.393 e. The van der Waals surface area contributed by atoms with Crippen LogP contribution in [-0.2, 0) is 10.0 Å². The topological polar surface area (TPSA) is 87.5 Å². The molecule has 7 nitrogen and oxygen atoms in total. The summed E-state index contributed by atoms with van der Waals surface area (Å²) in [5.74, 6) is 0.176. The molecule has 1 aliphatic rings. The average molecular weight is 433 g/mol. The number of nitrogens with one attached hydrogen (secondary N) is 1. The van der Waals surface area contributed by atoms with E-state index >= 15 is 0 Å². The van der Waals surface area contributed by atoms with Gasteiger partial charge >= 0.3 is 0 Å². The smallest absolute Gasteiger partial charge is 0.243 e. The average Bonchev–Trinajstić information content (AvgIpc) is 3.08. The standard InChI is InChI=1S/C21H25FN4O3S/c1-14(2)26-20-8-7-18(30(28,29)25-11-9-17(27)10-12-25)13-19(20)21(24-26)23-16-5-3-15(22)4-6-16/h3-8,13-14,17,27H,9-12H2,1-2H3,(H,23,24). The SMILES string of the molecule is CC(C)n1nc(Nc2ccc(F)cc2)c2cc(S(=O)(=O)N3CCC(O)CC3)ccc21. The maximum Gasteiger partial charge on any atom is 0.243 e. The highest BCUT2D eigenvalue weighted by Crippen LogP contribution is 2.31. The monoisotopic (exact) mass is 432 g/mol. The van der Waals surface area contributed by atoms with Crippen LogP contribution in [0.2, 0.25) is 0 Å². The Bertz CT molecular complexity index is 1150. The predicted molar refractivity (Wildman–Crippen MR) is 114 cm³/mol. The Morgan fingerprint density at radius 2 is 1.80 bits per heavy atom. The third-order valence-electron chi connectivity index (χ3n) is 5.34. The third kappa shape index (κ3) is 3.92. The molecular formula is C21H25FN4O3S. The summed E-state index contributed by atoms with van der Waals surface area (Å²) in [6.45, 7) is 4.59. The Balaban J connectivity index is 1.76. The normalized spacial score (nSPS) is 16.4. The van der Waals surface area contributed by atoms with E-state index in [1.54, 1.807) is 30.3 Å². The number of piperidine rings is 1. The molecule has 0 atom stereocenters. The molecule has 4 rings (SSSR count). The lowest BCUT2D eigenvalue weighted by atomic mass is 10.1. The minimum absolute atomic E-state index is 0.0716. The molecule has 160 valence electrons. The van der Waals surface area contributed by atoms with Crippen LogP contribution < -0.4 is 5.32 Å². The summed E-state index contributed by atoms with van der Waals surface area (Å²) in [5.41, 5.74) is 1.47. The van der Waals surface area contributed by atoms with Crippen LogP contribution in [0, 0.1) is 5.82 Å². The fraction of sp³-hybridized carbons (Fsp3) is 0.381. The van der Waals surface area contributed by atoms with Gasteiger partial charge in [-0.15, -0.1) is 0 Å². The number of rotatable bonds is 5. The maximum atomic E-state index is 13.2. The zero-order valence-corrected chi connectivity index (χ0v) is 17.7. The molecule has 1 saturated heterocycles. The van der Waals surface area contributed by atoms with Crippen molar-refractivity contribution in [2.45, 2.75) is 43.7 Å². The number of halogens is 1. The van der Waals surface area contributed by atoms with Crippen molar-refractivity contribution in [1.82, 2.24) is 14.1 Å². The molecule has 0 aliphatic carbocycles. The highest BCUT2D eigenvalue weighted by molar-refractivity contribution is 7.89. The molecule has 0 amide bonds.